The highest BCUT2D eigenvalue weighted by molar-refractivity contribution is 5.80. The Morgan fingerprint density at radius 3 is 2.89 bits per heavy atom. The van der Waals surface area contributed by atoms with Gasteiger partial charge in [0.2, 0.25) is 0 Å². The highest BCUT2D eigenvalue weighted by Gasteiger charge is 2.39. The quantitative estimate of drug-likeness (QED) is 0.688. The van der Waals surface area contributed by atoms with E-state index in [1.54, 1.807) is 0 Å². The van der Waals surface area contributed by atoms with Crippen LogP contribution in [0.2, 0.25) is 0 Å². The summed E-state index contributed by atoms with van der Waals surface area (Å²) in [7, 11) is 0. The van der Waals surface area contributed by atoms with Crippen LogP contribution in [0.5, 0.6) is 5.75 Å². The van der Waals surface area contributed by atoms with Crippen molar-refractivity contribution in [2.24, 2.45) is 11.8 Å². The van der Waals surface area contributed by atoms with Crippen LogP contribution in [0, 0.1) is 11.8 Å². The molecule has 1 aromatic rings. The number of piperidine rings is 1. The molecular formula is C22H32FNO3. The summed E-state index contributed by atoms with van der Waals surface area (Å²) >= 11 is 0. The number of hydrogen-bond donors (Lipinski definition) is 0. The molecular weight excluding hydrogens is 344 g/mol. The first kappa shape index (κ1) is 20.3. The summed E-state index contributed by atoms with van der Waals surface area (Å²) in [5.74, 6) is 1.42. The minimum Gasteiger partial charge on any atom is -0.494 e. The molecule has 3 atom stereocenters. The fraction of sp³-hybridized carbons (Fsp3) is 0.682. The third-order valence-electron chi connectivity index (χ3n) is 5.73. The molecule has 27 heavy (non-hydrogen) atoms. The number of hydrogen-bond acceptors (Lipinski definition) is 4. The van der Waals surface area contributed by atoms with Crippen molar-refractivity contribution in [1.82, 2.24) is 4.90 Å². The molecule has 150 valence electrons. The fourth-order valence-corrected chi connectivity index (χ4v) is 4.60. The average Bonchev–Trinajstić information content (AvgIpc) is 2.65. The number of alkyl halides is 1. The smallest absolute Gasteiger partial charge is 0.189 e. The summed E-state index contributed by atoms with van der Waals surface area (Å²) in [5, 5.41) is 0. The number of ketones is 1. The van der Waals surface area contributed by atoms with E-state index in [4.69, 9.17) is 9.47 Å². The number of fused-ring (bicyclic) bond motifs is 3. The predicted molar refractivity (Wildman–Crippen MR) is 104 cm³/mol. The number of nitrogens with zero attached hydrogens (tertiary/aromatic N) is 1. The Hall–Kier alpha value is -1.46. The first-order chi connectivity index (χ1) is 13.0. The number of Topliss-reactive ketones (excluding diaryl/α,β-unsaturated/α-hetero) is 1. The molecule has 3 rings (SSSR count). The van der Waals surface area contributed by atoms with Crippen LogP contribution in [0.1, 0.15) is 50.8 Å². The Morgan fingerprint density at radius 1 is 1.37 bits per heavy atom. The van der Waals surface area contributed by atoms with Crippen molar-refractivity contribution in [1.29, 1.82) is 0 Å². The van der Waals surface area contributed by atoms with E-state index in [0.717, 1.165) is 38.1 Å². The van der Waals surface area contributed by atoms with Crippen LogP contribution in [0.3, 0.4) is 0 Å². The molecule has 0 aromatic heterocycles. The molecule has 1 aromatic carbocycles. The minimum absolute atomic E-state index is 0.00154. The maximum atomic E-state index is 12.6. The third kappa shape index (κ3) is 4.88. The van der Waals surface area contributed by atoms with Crippen molar-refractivity contribution in [2.45, 2.75) is 52.2 Å². The van der Waals surface area contributed by atoms with E-state index in [1.807, 2.05) is 6.92 Å². The largest absolute Gasteiger partial charge is 0.494 e. The zero-order valence-electron chi connectivity index (χ0n) is 16.7. The molecule has 2 aliphatic heterocycles. The second-order valence-electron chi connectivity index (χ2n) is 8.20. The van der Waals surface area contributed by atoms with Crippen LogP contribution >= 0.6 is 0 Å². The van der Waals surface area contributed by atoms with E-state index in [0.29, 0.717) is 24.5 Å². The lowest BCUT2D eigenvalue weighted by Crippen LogP contribution is -2.49. The monoisotopic (exact) mass is 376 g/mol. The second-order valence-corrected chi connectivity index (χ2v) is 8.20. The van der Waals surface area contributed by atoms with Crippen LogP contribution < -0.4 is 4.74 Å². The van der Waals surface area contributed by atoms with Crippen molar-refractivity contribution in [3.63, 3.8) is 0 Å². The molecule has 0 spiro atoms. The molecule has 0 bridgehead atoms. The van der Waals surface area contributed by atoms with Gasteiger partial charge in [0.25, 0.3) is 0 Å². The molecule has 4 nitrogen and oxygen atoms in total. The van der Waals surface area contributed by atoms with Gasteiger partial charge in [-0.2, -0.15) is 0 Å². The Kier molecular flexibility index (Phi) is 6.88. The first-order valence-electron chi connectivity index (χ1n) is 10.2. The van der Waals surface area contributed by atoms with Gasteiger partial charge in [-0.1, -0.05) is 19.9 Å². The topological polar surface area (TPSA) is 38.8 Å². The predicted octanol–water partition coefficient (Wildman–Crippen LogP) is 3.97. The van der Waals surface area contributed by atoms with Crippen LogP contribution in [-0.2, 0) is 16.0 Å². The number of benzene rings is 1. The van der Waals surface area contributed by atoms with Gasteiger partial charge in [0.05, 0.1) is 12.7 Å². The average molecular weight is 377 g/mol. The van der Waals surface area contributed by atoms with E-state index in [2.05, 4.69) is 36.9 Å². The molecule has 1 fully saturated rings. The van der Waals surface area contributed by atoms with E-state index in [9.17, 15) is 9.18 Å². The lowest BCUT2D eigenvalue weighted by molar-refractivity contribution is -0.131. The number of ether oxygens (including phenoxy) is 2. The Bertz CT molecular complexity index is 648. The van der Waals surface area contributed by atoms with Gasteiger partial charge in [0, 0.05) is 19.1 Å². The van der Waals surface area contributed by atoms with Crippen molar-refractivity contribution in [3.8, 4) is 5.75 Å². The Morgan fingerprint density at radius 2 is 2.19 bits per heavy atom. The standard InChI is InChI=1S/C22H32FNO3/c1-4-26-19-5-6-20-16(10-19)7-8-24-13-17(9-15(2)3)22(11-21(20)24)27-14-18(25)12-23/h5-6,10,15,17,21-22H,4,7-9,11-14H2,1-3H3/t17-,21-,22+/m1/s1/i23-1. The van der Waals surface area contributed by atoms with Crippen LogP contribution in [0.4, 0.5) is 4.39 Å². The fourth-order valence-electron chi connectivity index (χ4n) is 4.60. The van der Waals surface area contributed by atoms with E-state index in [-0.39, 0.29) is 12.7 Å². The summed E-state index contributed by atoms with van der Waals surface area (Å²) in [5.41, 5.74) is 2.70. The van der Waals surface area contributed by atoms with Gasteiger partial charge < -0.3 is 9.47 Å². The summed E-state index contributed by atoms with van der Waals surface area (Å²) in [6.07, 6.45) is 2.96. The highest BCUT2D eigenvalue weighted by atomic mass is 18.2. The lowest BCUT2D eigenvalue weighted by Gasteiger charge is -2.47. The number of rotatable bonds is 8. The Balaban J connectivity index is 1.78. The molecule has 5 heteroatoms. The maximum absolute atomic E-state index is 12.6. The zero-order chi connectivity index (χ0) is 19.4. The number of halogens is 1. The van der Waals surface area contributed by atoms with Gasteiger partial charge in [0.1, 0.15) is 12.4 Å². The highest BCUT2D eigenvalue weighted by Crippen LogP contribution is 2.41. The lowest BCUT2D eigenvalue weighted by atomic mass is 9.79. The van der Waals surface area contributed by atoms with Crippen LogP contribution in [-0.4, -0.2) is 49.8 Å². The molecule has 0 amide bonds. The van der Waals surface area contributed by atoms with Gasteiger partial charge in [-0.05, 0) is 61.3 Å². The van der Waals surface area contributed by atoms with Gasteiger partial charge in [-0.3, -0.25) is 9.69 Å². The van der Waals surface area contributed by atoms with E-state index >= 15 is 0 Å². The molecule has 0 aliphatic carbocycles. The zero-order valence-corrected chi connectivity index (χ0v) is 16.7. The SMILES string of the molecule is CCOc1ccc2c(c1)CCN1C[C@@H](CC(C)C)[C@@H](OCC(=O)C[18F])C[C@H]21. The van der Waals surface area contributed by atoms with Crippen molar-refractivity contribution in [2.75, 3.05) is 33.0 Å². The summed E-state index contributed by atoms with van der Waals surface area (Å²) in [4.78, 5) is 14.0. The van der Waals surface area contributed by atoms with Gasteiger partial charge in [-0.15, -0.1) is 0 Å². The first-order valence-corrected chi connectivity index (χ1v) is 10.2. The molecule has 0 N–H and O–H groups in total. The summed E-state index contributed by atoms with van der Waals surface area (Å²) in [6.45, 7) is 8.07. The van der Waals surface area contributed by atoms with E-state index < -0.39 is 12.5 Å². The molecule has 2 heterocycles. The van der Waals surface area contributed by atoms with Gasteiger partial charge in [0.15, 0.2) is 12.5 Å². The summed E-state index contributed by atoms with van der Waals surface area (Å²) < 4.78 is 24.2. The molecule has 0 radical (unpaired) electrons. The molecule has 2 aliphatic rings. The van der Waals surface area contributed by atoms with Gasteiger partial charge >= 0.3 is 0 Å². The number of carbonyl (C=O) groups excluding carboxylic acids is 1. The van der Waals surface area contributed by atoms with Crippen molar-refractivity contribution >= 4 is 5.78 Å². The molecule has 1 saturated heterocycles. The van der Waals surface area contributed by atoms with E-state index in [1.165, 1.54) is 11.1 Å². The van der Waals surface area contributed by atoms with Gasteiger partial charge in [-0.25, -0.2) is 4.39 Å². The van der Waals surface area contributed by atoms with Crippen LogP contribution in [0.25, 0.3) is 0 Å². The minimum atomic E-state index is -0.944. The molecule has 0 unspecified atom stereocenters. The van der Waals surface area contributed by atoms with Crippen molar-refractivity contribution < 1.29 is 18.7 Å². The third-order valence-corrected chi connectivity index (χ3v) is 5.73. The molecule has 0 saturated carbocycles. The summed E-state index contributed by atoms with van der Waals surface area (Å²) in [6, 6.07) is 6.70. The maximum Gasteiger partial charge on any atom is 0.189 e. The van der Waals surface area contributed by atoms with Crippen molar-refractivity contribution in [3.05, 3.63) is 29.3 Å². The Labute approximate surface area is 162 Å². The number of carbonyl (C=O) groups is 1. The van der Waals surface area contributed by atoms with Crippen LogP contribution in [0.15, 0.2) is 18.2 Å². The normalized spacial score (nSPS) is 25.1. The second kappa shape index (κ2) is 9.16.